The lowest BCUT2D eigenvalue weighted by Gasteiger charge is -2.07. The summed E-state index contributed by atoms with van der Waals surface area (Å²) in [4.78, 5) is 0. The minimum Gasteiger partial charge on any atom is -0.455 e. The fourth-order valence-electron chi connectivity index (χ4n) is 4.07. The van der Waals surface area contributed by atoms with Gasteiger partial charge in [0.1, 0.15) is 18.2 Å². The van der Waals surface area contributed by atoms with Gasteiger partial charge in [-0.05, 0) is 54.8 Å². The lowest BCUT2D eigenvalue weighted by Crippen LogP contribution is -2.31. The third-order valence-electron chi connectivity index (χ3n) is 5.71. The summed E-state index contributed by atoms with van der Waals surface area (Å²) >= 11 is 0. The summed E-state index contributed by atoms with van der Waals surface area (Å²) < 4.78 is 8.64. The number of benzene rings is 3. The Hall–Kier alpha value is -3.13. The minimum atomic E-state index is 0.946. The molecule has 0 amide bonds. The van der Waals surface area contributed by atoms with Crippen LogP contribution in [0.15, 0.2) is 65.2 Å². The van der Waals surface area contributed by atoms with Crippen molar-refractivity contribution in [3.8, 4) is 11.3 Å². The van der Waals surface area contributed by atoms with Gasteiger partial charge < -0.3 is 4.42 Å². The molecule has 2 heterocycles. The molecule has 5 rings (SSSR count). The zero-order chi connectivity index (χ0) is 18.7. The van der Waals surface area contributed by atoms with Crippen molar-refractivity contribution in [2.75, 3.05) is 0 Å². The van der Waals surface area contributed by atoms with E-state index in [1.165, 1.54) is 49.5 Å². The number of nitrogens with zero attached hydrogens (tertiary/aromatic N) is 1. The van der Waals surface area contributed by atoms with Crippen LogP contribution in [0.1, 0.15) is 16.7 Å². The first-order chi connectivity index (χ1) is 13.0. The first-order valence-corrected chi connectivity index (χ1v) is 9.35. The van der Waals surface area contributed by atoms with Gasteiger partial charge in [0.15, 0.2) is 6.20 Å². The standard InChI is InChI=1S/C25H22NO/c1-15-9-10-20-21-12-18-7-5-6-8-19(18)13-23(21)27-25(20)24(15)22-11-16(2)17(3)14-26(22)4/h5-14H,1-4H3/q+1. The van der Waals surface area contributed by atoms with E-state index in [1.54, 1.807) is 0 Å². The summed E-state index contributed by atoms with van der Waals surface area (Å²) in [5.41, 5.74) is 8.10. The van der Waals surface area contributed by atoms with Gasteiger partial charge in [-0.1, -0.05) is 36.4 Å². The normalized spacial score (nSPS) is 11.7. The van der Waals surface area contributed by atoms with Crippen LogP contribution in [0.25, 0.3) is 44.0 Å². The molecular formula is C25H22NO+. The quantitative estimate of drug-likeness (QED) is 0.330. The molecule has 0 spiro atoms. The number of furan rings is 1. The Kier molecular flexibility index (Phi) is 3.38. The molecule has 0 aliphatic heterocycles. The van der Waals surface area contributed by atoms with Gasteiger partial charge >= 0.3 is 0 Å². The smallest absolute Gasteiger partial charge is 0.216 e. The van der Waals surface area contributed by atoms with Crippen molar-refractivity contribution < 1.29 is 8.98 Å². The number of hydrogen-bond donors (Lipinski definition) is 0. The first-order valence-electron chi connectivity index (χ1n) is 9.35. The summed E-state index contributed by atoms with van der Waals surface area (Å²) in [7, 11) is 2.11. The van der Waals surface area contributed by atoms with Crippen LogP contribution in [0.2, 0.25) is 0 Å². The van der Waals surface area contributed by atoms with E-state index in [-0.39, 0.29) is 0 Å². The van der Waals surface area contributed by atoms with E-state index in [0.29, 0.717) is 0 Å². The van der Waals surface area contributed by atoms with Crippen molar-refractivity contribution >= 4 is 32.7 Å². The third-order valence-corrected chi connectivity index (χ3v) is 5.71. The van der Waals surface area contributed by atoms with E-state index < -0.39 is 0 Å². The molecule has 5 aromatic rings. The average molecular weight is 352 g/mol. The molecule has 2 heteroatoms. The molecular weight excluding hydrogens is 330 g/mol. The molecule has 0 atom stereocenters. The number of pyridine rings is 1. The maximum absolute atomic E-state index is 6.44. The van der Waals surface area contributed by atoms with E-state index >= 15 is 0 Å². The van der Waals surface area contributed by atoms with Crippen LogP contribution in [0, 0.1) is 20.8 Å². The van der Waals surface area contributed by atoms with Gasteiger partial charge in [0.05, 0.1) is 5.56 Å². The molecule has 2 nitrogen and oxygen atoms in total. The molecule has 132 valence electrons. The van der Waals surface area contributed by atoms with Crippen LogP contribution in [-0.4, -0.2) is 0 Å². The predicted octanol–water partition coefficient (Wildman–Crippen LogP) is 6.16. The minimum absolute atomic E-state index is 0.946. The molecule has 0 bridgehead atoms. The summed E-state index contributed by atoms with van der Waals surface area (Å²) in [5.74, 6) is 0. The highest BCUT2D eigenvalue weighted by molar-refractivity contribution is 6.13. The van der Waals surface area contributed by atoms with Gasteiger partial charge in [-0.15, -0.1) is 0 Å². The van der Waals surface area contributed by atoms with Gasteiger partial charge in [0.25, 0.3) is 0 Å². The molecule has 0 aliphatic carbocycles. The van der Waals surface area contributed by atoms with Gasteiger partial charge in [-0.25, -0.2) is 4.57 Å². The molecule has 0 N–H and O–H groups in total. The molecule has 0 aliphatic rings. The van der Waals surface area contributed by atoms with E-state index in [2.05, 4.69) is 93.2 Å². The monoisotopic (exact) mass is 352 g/mol. The van der Waals surface area contributed by atoms with Gasteiger partial charge in [0, 0.05) is 22.4 Å². The molecule has 0 unspecified atom stereocenters. The van der Waals surface area contributed by atoms with Gasteiger partial charge in [-0.2, -0.15) is 0 Å². The highest BCUT2D eigenvalue weighted by Gasteiger charge is 2.21. The van der Waals surface area contributed by atoms with Crippen LogP contribution in [0.4, 0.5) is 0 Å². The molecule has 0 saturated heterocycles. The van der Waals surface area contributed by atoms with Crippen LogP contribution >= 0.6 is 0 Å². The third kappa shape index (κ3) is 2.37. The Morgan fingerprint density at radius 1 is 0.741 bits per heavy atom. The molecule has 27 heavy (non-hydrogen) atoms. The Balaban J connectivity index is 1.91. The largest absolute Gasteiger partial charge is 0.455 e. The SMILES string of the molecule is Cc1cc(-c2c(C)ccc3c2oc2cc4ccccc4cc23)[n+](C)cc1C. The van der Waals surface area contributed by atoms with Crippen LogP contribution < -0.4 is 4.57 Å². The maximum atomic E-state index is 6.44. The van der Waals surface area contributed by atoms with Crippen molar-refractivity contribution in [2.24, 2.45) is 7.05 Å². The van der Waals surface area contributed by atoms with Crippen molar-refractivity contribution in [3.63, 3.8) is 0 Å². The zero-order valence-electron chi connectivity index (χ0n) is 16.1. The van der Waals surface area contributed by atoms with E-state index in [9.17, 15) is 0 Å². The lowest BCUT2D eigenvalue weighted by molar-refractivity contribution is -0.660. The van der Waals surface area contributed by atoms with E-state index in [0.717, 1.165) is 11.2 Å². The number of aromatic nitrogens is 1. The lowest BCUT2D eigenvalue weighted by atomic mass is 9.98. The zero-order valence-corrected chi connectivity index (χ0v) is 16.1. The molecule has 0 saturated carbocycles. The van der Waals surface area contributed by atoms with Gasteiger partial charge in [0.2, 0.25) is 5.69 Å². The number of aryl methyl sites for hydroxylation is 4. The number of hydrogen-bond acceptors (Lipinski definition) is 1. The van der Waals surface area contributed by atoms with E-state index in [4.69, 9.17) is 4.42 Å². The topological polar surface area (TPSA) is 17.0 Å². The van der Waals surface area contributed by atoms with Crippen molar-refractivity contribution in [2.45, 2.75) is 20.8 Å². The highest BCUT2D eigenvalue weighted by Crippen LogP contribution is 2.38. The molecule has 2 aromatic heterocycles. The van der Waals surface area contributed by atoms with Crippen LogP contribution in [-0.2, 0) is 7.05 Å². The summed E-state index contributed by atoms with van der Waals surface area (Å²) in [6.45, 7) is 6.48. The molecule has 0 fully saturated rings. The maximum Gasteiger partial charge on any atom is 0.216 e. The Morgan fingerprint density at radius 2 is 1.48 bits per heavy atom. The summed E-state index contributed by atoms with van der Waals surface area (Å²) in [5, 5.41) is 4.80. The van der Waals surface area contributed by atoms with Gasteiger partial charge in [-0.3, -0.25) is 0 Å². The Morgan fingerprint density at radius 3 is 2.26 bits per heavy atom. The summed E-state index contributed by atoms with van der Waals surface area (Å²) in [6.07, 6.45) is 2.19. The first kappa shape index (κ1) is 16.1. The highest BCUT2D eigenvalue weighted by atomic mass is 16.3. The molecule has 0 radical (unpaired) electrons. The van der Waals surface area contributed by atoms with Crippen LogP contribution in [0.5, 0.6) is 0 Å². The average Bonchev–Trinajstić information content (AvgIpc) is 3.00. The molecule has 3 aromatic carbocycles. The second kappa shape index (κ2) is 5.68. The Labute approximate surface area is 158 Å². The van der Waals surface area contributed by atoms with Crippen molar-refractivity contribution in [1.82, 2.24) is 0 Å². The fraction of sp³-hybridized carbons (Fsp3) is 0.160. The summed E-state index contributed by atoms with van der Waals surface area (Å²) in [6, 6.07) is 19.5. The predicted molar refractivity (Wildman–Crippen MR) is 112 cm³/mol. The second-order valence-electron chi connectivity index (χ2n) is 7.57. The van der Waals surface area contributed by atoms with Crippen molar-refractivity contribution in [1.29, 1.82) is 0 Å². The van der Waals surface area contributed by atoms with E-state index in [1.807, 2.05) is 0 Å². The van der Waals surface area contributed by atoms with Crippen LogP contribution in [0.3, 0.4) is 0 Å². The number of fused-ring (bicyclic) bond motifs is 4. The number of rotatable bonds is 1. The van der Waals surface area contributed by atoms with Crippen molar-refractivity contribution in [3.05, 3.63) is 77.5 Å². The second-order valence-corrected chi connectivity index (χ2v) is 7.57. The Bertz CT molecular complexity index is 1360. The fourth-order valence-corrected chi connectivity index (χ4v) is 4.07.